The number of nitrogens with zero attached hydrogens (tertiary/aromatic N) is 2. The lowest BCUT2D eigenvalue weighted by molar-refractivity contribution is 0.913. The van der Waals surface area contributed by atoms with E-state index in [9.17, 15) is 10.1 Å². The van der Waals surface area contributed by atoms with E-state index >= 15 is 0 Å². The highest BCUT2D eigenvalue weighted by molar-refractivity contribution is 7.99. The minimum atomic E-state index is -0.404. The standard InChI is InChI=1S/C15H16N4OS/c1-10-3-5-11(6-4-10)13-12(9-17)14(20)19-15(18-13)21-8-2-7-16/h3-6H,2,7-8,16H2,1H3,(H,18,19,20). The summed E-state index contributed by atoms with van der Waals surface area (Å²) in [5.74, 6) is 0.776. The lowest BCUT2D eigenvalue weighted by Gasteiger charge is -2.06. The molecule has 0 radical (unpaired) electrons. The Morgan fingerprint density at radius 1 is 1.38 bits per heavy atom. The van der Waals surface area contributed by atoms with Crippen LogP contribution >= 0.6 is 11.8 Å². The van der Waals surface area contributed by atoms with Crippen molar-refractivity contribution in [3.63, 3.8) is 0 Å². The van der Waals surface area contributed by atoms with Crippen molar-refractivity contribution in [2.45, 2.75) is 18.5 Å². The second-order valence-electron chi connectivity index (χ2n) is 4.56. The average Bonchev–Trinajstić information content (AvgIpc) is 2.48. The lowest BCUT2D eigenvalue weighted by atomic mass is 10.1. The molecule has 108 valence electrons. The van der Waals surface area contributed by atoms with Gasteiger partial charge in [0.25, 0.3) is 5.56 Å². The maximum atomic E-state index is 12.0. The summed E-state index contributed by atoms with van der Waals surface area (Å²) >= 11 is 1.43. The fourth-order valence-electron chi connectivity index (χ4n) is 1.80. The largest absolute Gasteiger partial charge is 0.330 e. The molecule has 5 nitrogen and oxygen atoms in total. The number of nitriles is 1. The van der Waals surface area contributed by atoms with Gasteiger partial charge in [-0.25, -0.2) is 4.98 Å². The number of aromatic amines is 1. The maximum absolute atomic E-state index is 12.0. The third kappa shape index (κ3) is 3.72. The molecular weight excluding hydrogens is 284 g/mol. The molecule has 0 aliphatic rings. The van der Waals surface area contributed by atoms with Gasteiger partial charge in [0.15, 0.2) is 5.16 Å². The Kier molecular flexibility index (Phi) is 5.14. The number of aryl methyl sites for hydroxylation is 1. The quantitative estimate of drug-likeness (QED) is 0.500. The van der Waals surface area contributed by atoms with Gasteiger partial charge in [0.2, 0.25) is 0 Å². The van der Waals surface area contributed by atoms with Crippen LogP contribution in [0.5, 0.6) is 0 Å². The third-order valence-electron chi connectivity index (χ3n) is 2.92. The molecular formula is C15H16N4OS. The van der Waals surface area contributed by atoms with Crippen molar-refractivity contribution in [3.8, 4) is 17.3 Å². The fourth-order valence-corrected chi connectivity index (χ4v) is 2.62. The molecule has 21 heavy (non-hydrogen) atoms. The number of benzene rings is 1. The number of aromatic nitrogens is 2. The van der Waals surface area contributed by atoms with Gasteiger partial charge in [0.05, 0.1) is 5.69 Å². The first-order chi connectivity index (χ1) is 10.2. The minimum Gasteiger partial charge on any atom is -0.330 e. The van der Waals surface area contributed by atoms with Crippen LogP contribution in [0.3, 0.4) is 0 Å². The van der Waals surface area contributed by atoms with E-state index in [4.69, 9.17) is 5.73 Å². The summed E-state index contributed by atoms with van der Waals surface area (Å²) in [5.41, 5.74) is 7.40. The Morgan fingerprint density at radius 3 is 2.71 bits per heavy atom. The number of nitrogens with two attached hydrogens (primary N) is 1. The molecule has 0 amide bonds. The summed E-state index contributed by atoms with van der Waals surface area (Å²) in [6, 6.07) is 9.53. The summed E-state index contributed by atoms with van der Waals surface area (Å²) in [7, 11) is 0. The van der Waals surface area contributed by atoms with Crippen LogP contribution in [-0.2, 0) is 0 Å². The van der Waals surface area contributed by atoms with Crippen molar-refractivity contribution in [3.05, 3.63) is 45.7 Å². The molecule has 1 aromatic heterocycles. The molecule has 1 aromatic carbocycles. The molecule has 0 atom stereocenters. The number of rotatable bonds is 5. The van der Waals surface area contributed by atoms with E-state index in [0.29, 0.717) is 17.4 Å². The molecule has 2 aromatic rings. The first-order valence-electron chi connectivity index (χ1n) is 6.60. The highest BCUT2D eigenvalue weighted by atomic mass is 32.2. The second kappa shape index (κ2) is 7.07. The van der Waals surface area contributed by atoms with Crippen LogP contribution in [0.4, 0.5) is 0 Å². The predicted molar refractivity (Wildman–Crippen MR) is 84.1 cm³/mol. The summed E-state index contributed by atoms with van der Waals surface area (Å²) in [4.78, 5) is 19.1. The van der Waals surface area contributed by atoms with Gasteiger partial charge in [-0.2, -0.15) is 5.26 Å². The van der Waals surface area contributed by atoms with Crippen LogP contribution in [-0.4, -0.2) is 22.3 Å². The van der Waals surface area contributed by atoms with Gasteiger partial charge in [-0.15, -0.1) is 0 Å². The molecule has 6 heteroatoms. The number of hydrogen-bond acceptors (Lipinski definition) is 5. The van der Waals surface area contributed by atoms with E-state index in [1.54, 1.807) is 0 Å². The van der Waals surface area contributed by atoms with E-state index in [2.05, 4.69) is 9.97 Å². The highest BCUT2D eigenvalue weighted by Gasteiger charge is 2.13. The van der Waals surface area contributed by atoms with E-state index in [1.807, 2.05) is 37.3 Å². The van der Waals surface area contributed by atoms with Crippen molar-refractivity contribution < 1.29 is 0 Å². The molecule has 0 saturated carbocycles. The van der Waals surface area contributed by atoms with E-state index in [1.165, 1.54) is 11.8 Å². The van der Waals surface area contributed by atoms with Gasteiger partial charge in [-0.3, -0.25) is 4.79 Å². The molecule has 0 spiro atoms. The Bertz CT molecular complexity index is 716. The first-order valence-corrected chi connectivity index (χ1v) is 7.58. The molecule has 0 bridgehead atoms. The summed E-state index contributed by atoms with van der Waals surface area (Å²) in [6.45, 7) is 2.58. The molecule has 0 fully saturated rings. The molecule has 1 heterocycles. The SMILES string of the molecule is Cc1ccc(-c2nc(SCCCN)[nH]c(=O)c2C#N)cc1. The van der Waals surface area contributed by atoms with Gasteiger partial charge in [-0.1, -0.05) is 41.6 Å². The van der Waals surface area contributed by atoms with E-state index in [0.717, 1.165) is 23.3 Å². The van der Waals surface area contributed by atoms with Crippen LogP contribution in [0, 0.1) is 18.3 Å². The van der Waals surface area contributed by atoms with Crippen LogP contribution in [0.15, 0.2) is 34.2 Å². The Morgan fingerprint density at radius 2 is 2.10 bits per heavy atom. The van der Waals surface area contributed by atoms with Crippen LogP contribution < -0.4 is 11.3 Å². The van der Waals surface area contributed by atoms with Gasteiger partial charge in [-0.05, 0) is 19.9 Å². The third-order valence-corrected chi connectivity index (χ3v) is 3.88. The summed E-state index contributed by atoms with van der Waals surface area (Å²) in [6.07, 6.45) is 0.842. The topological polar surface area (TPSA) is 95.6 Å². The average molecular weight is 300 g/mol. The molecule has 0 saturated heterocycles. The number of thioether (sulfide) groups is 1. The minimum absolute atomic E-state index is 0.0435. The predicted octanol–water partition coefficient (Wildman–Crippen LogP) is 2.06. The first kappa shape index (κ1) is 15.3. The van der Waals surface area contributed by atoms with Gasteiger partial charge in [0.1, 0.15) is 11.6 Å². The van der Waals surface area contributed by atoms with Gasteiger partial charge < -0.3 is 10.7 Å². The Balaban J connectivity index is 2.45. The van der Waals surface area contributed by atoms with Gasteiger partial charge >= 0.3 is 0 Å². The summed E-state index contributed by atoms with van der Waals surface area (Å²) in [5, 5.41) is 9.70. The van der Waals surface area contributed by atoms with Crippen LogP contribution in [0.2, 0.25) is 0 Å². The fraction of sp³-hybridized carbons (Fsp3) is 0.267. The number of hydrogen-bond donors (Lipinski definition) is 2. The normalized spacial score (nSPS) is 10.3. The van der Waals surface area contributed by atoms with E-state index < -0.39 is 5.56 Å². The van der Waals surface area contributed by atoms with E-state index in [-0.39, 0.29) is 5.56 Å². The van der Waals surface area contributed by atoms with Crippen LogP contribution in [0.25, 0.3) is 11.3 Å². The zero-order valence-electron chi connectivity index (χ0n) is 11.7. The van der Waals surface area contributed by atoms with Gasteiger partial charge in [0, 0.05) is 11.3 Å². The summed E-state index contributed by atoms with van der Waals surface area (Å²) < 4.78 is 0. The lowest BCUT2D eigenvalue weighted by Crippen LogP contribution is -2.15. The molecule has 0 aliphatic carbocycles. The Labute approximate surface area is 127 Å². The molecule has 3 N–H and O–H groups in total. The van der Waals surface area contributed by atoms with Crippen molar-refractivity contribution in [1.82, 2.24) is 9.97 Å². The zero-order valence-corrected chi connectivity index (χ0v) is 12.5. The molecule has 0 aliphatic heterocycles. The van der Waals surface area contributed by atoms with Crippen molar-refractivity contribution >= 4 is 11.8 Å². The number of H-pyrrole nitrogens is 1. The number of nitrogens with one attached hydrogen (secondary N) is 1. The molecule has 2 rings (SSSR count). The monoisotopic (exact) mass is 300 g/mol. The van der Waals surface area contributed by atoms with Crippen molar-refractivity contribution in [2.24, 2.45) is 5.73 Å². The van der Waals surface area contributed by atoms with Crippen LogP contribution in [0.1, 0.15) is 17.5 Å². The van der Waals surface area contributed by atoms with Crippen molar-refractivity contribution in [2.75, 3.05) is 12.3 Å². The second-order valence-corrected chi connectivity index (χ2v) is 5.65. The van der Waals surface area contributed by atoms with Crippen molar-refractivity contribution in [1.29, 1.82) is 5.26 Å². The molecule has 0 unspecified atom stereocenters. The zero-order chi connectivity index (χ0) is 15.2. The smallest absolute Gasteiger partial charge is 0.270 e. The maximum Gasteiger partial charge on any atom is 0.270 e. The highest BCUT2D eigenvalue weighted by Crippen LogP contribution is 2.22. The Hall–Kier alpha value is -2.10.